The van der Waals surface area contributed by atoms with Crippen molar-refractivity contribution in [2.45, 2.75) is 38.9 Å². The van der Waals surface area contributed by atoms with Crippen molar-refractivity contribution in [1.29, 1.82) is 0 Å². The molecule has 0 unspecified atom stereocenters. The van der Waals surface area contributed by atoms with E-state index in [0.717, 1.165) is 41.8 Å². The van der Waals surface area contributed by atoms with E-state index in [-0.39, 0.29) is 11.3 Å². The highest BCUT2D eigenvalue weighted by Crippen LogP contribution is 2.36. The minimum Gasteiger partial charge on any atom is -0.397 e. The molecule has 0 radical (unpaired) electrons. The van der Waals surface area contributed by atoms with Crippen LogP contribution in [0.15, 0.2) is 48.8 Å². The van der Waals surface area contributed by atoms with E-state index >= 15 is 0 Å². The van der Waals surface area contributed by atoms with Crippen molar-refractivity contribution in [2.24, 2.45) is 18.6 Å². The zero-order valence-corrected chi connectivity index (χ0v) is 24.0. The third kappa shape index (κ3) is 6.83. The van der Waals surface area contributed by atoms with Gasteiger partial charge in [0.1, 0.15) is 0 Å². The molecule has 1 saturated heterocycles. The van der Waals surface area contributed by atoms with Crippen molar-refractivity contribution in [1.82, 2.24) is 14.7 Å². The topological polar surface area (TPSA) is 109 Å². The zero-order valence-electron chi connectivity index (χ0n) is 24.0. The van der Waals surface area contributed by atoms with Crippen LogP contribution in [0.4, 0.5) is 30.2 Å². The van der Waals surface area contributed by atoms with Crippen molar-refractivity contribution in [3.05, 3.63) is 76.7 Å². The average Bonchev–Trinajstić information content (AvgIpc) is 3.26. The maximum atomic E-state index is 13.8. The molecule has 3 aromatic rings. The molecule has 4 rings (SSSR count). The summed E-state index contributed by atoms with van der Waals surface area (Å²) >= 11 is 0. The lowest BCUT2D eigenvalue weighted by molar-refractivity contribution is -0.137. The van der Waals surface area contributed by atoms with Gasteiger partial charge in [0.05, 0.1) is 23.1 Å². The highest BCUT2D eigenvalue weighted by Gasteiger charge is 2.32. The lowest BCUT2D eigenvalue weighted by atomic mass is 10.0. The largest absolute Gasteiger partial charge is 0.416 e. The summed E-state index contributed by atoms with van der Waals surface area (Å²) in [4.78, 5) is 17.3. The summed E-state index contributed by atoms with van der Waals surface area (Å²) in [6.07, 6.45) is 0.289. The molecule has 1 fully saturated rings. The number of anilines is 3. The number of benzene rings is 2. The van der Waals surface area contributed by atoms with Crippen molar-refractivity contribution in [3.63, 3.8) is 0 Å². The van der Waals surface area contributed by atoms with Crippen LogP contribution in [0.5, 0.6) is 0 Å². The molecule has 0 bridgehead atoms. The van der Waals surface area contributed by atoms with Crippen LogP contribution in [-0.4, -0.2) is 53.8 Å². The van der Waals surface area contributed by atoms with E-state index in [2.05, 4.69) is 15.3 Å². The van der Waals surface area contributed by atoms with E-state index in [1.54, 1.807) is 42.2 Å². The minimum atomic E-state index is -4.56. The van der Waals surface area contributed by atoms with Crippen molar-refractivity contribution < 1.29 is 18.0 Å². The highest BCUT2D eigenvalue weighted by atomic mass is 19.4. The molecule has 0 saturated carbocycles. The zero-order chi connectivity index (χ0) is 30.1. The first-order valence-electron chi connectivity index (χ1n) is 13.3. The number of hydrogen-bond donors (Lipinski definition) is 3. The molecule has 1 aliphatic rings. The van der Waals surface area contributed by atoms with Crippen LogP contribution in [0.3, 0.4) is 0 Å². The van der Waals surface area contributed by atoms with Crippen LogP contribution in [-0.2, 0) is 13.2 Å². The summed E-state index contributed by atoms with van der Waals surface area (Å²) in [5.74, 6) is 5.74. The first-order valence-corrected chi connectivity index (χ1v) is 13.3. The maximum absolute atomic E-state index is 13.8. The van der Waals surface area contributed by atoms with E-state index in [1.807, 2.05) is 32.8 Å². The quantitative estimate of drug-likeness (QED) is 0.284. The molecule has 1 aromatic heterocycles. The van der Waals surface area contributed by atoms with E-state index in [4.69, 9.17) is 11.6 Å². The smallest absolute Gasteiger partial charge is 0.397 e. The van der Waals surface area contributed by atoms with Gasteiger partial charge in [0.15, 0.2) is 0 Å². The van der Waals surface area contributed by atoms with Gasteiger partial charge in [0.2, 0.25) is 0 Å². The molecule has 2 heterocycles. The Morgan fingerprint density at radius 2 is 1.80 bits per heavy atom. The Labute approximate surface area is 238 Å². The molecule has 2 aromatic carbocycles. The Morgan fingerprint density at radius 1 is 1.12 bits per heavy atom. The third-order valence-electron chi connectivity index (χ3n) is 7.64. The fraction of sp³-hybridized carbons (Fsp3) is 0.379. The number of hydrazine groups is 1. The van der Waals surface area contributed by atoms with Gasteiger partial charge in [-0.1, -0.05) is 6.07 Å². The number of hydrogen-bond acceptors (Lipinski definition) is 7. The van der Waals surface area contributed by atoms with Gasteiger partial charge >= 0.3 is 6.18 Å². The van der Waals surface area contributed by atoms with Crippen LogP contribution in [0.2, 0.25) is 0 Å². The SMILES string of the molecule is Cc1ccc(C(=O)Nc2cc(N3CCC(N(C)C)CC3)cc(C(F)(F)F)c2)cc1N(N)/C=C(\N)c1cnn(C)c1C. The lowest BCUT2D eigenvalue weighted by Gasteiger charge is -2.36. The molecular weight excluding hydrogens is 533 g/mol. The van der Waals surface area contributed by atoms with E-state index in [1.165, 1.54) is 11.2 Å². The summed E-state index contributed by atoms with van der Waals surface area (Å²) in [6, 6.07) is 8.96. The Balaban J connectivity index is 1.58. The summed E-state index contributed by atoms with van der Waals surface area (Å²) in [5, 5.41) is 8.16. The summed E-state index contributed by atoms with van der Waals surface area (Å²) < 4.78 is 43.1. The first kappa shape index (κ1) is 29.9. The van der Waals surface area contributed by atoms with Gasteiger partial charge < -0.3 is 20.9 Å². The van der Waals surface area contributed by atoms with Crippen LogP contribution < -0.4 is 26.8 Å². The Bertz CT molecular complexity index is 1440. The number of nitrogens with two attached hydrogens (primary N) is 2. The number of carbonyl (C=O) groups excluding carboxylic acids is 1. The van der Waals surface area contributed by atoms with Gasteiger partial charge in [-0.15, -0.1) is 0 Å². The van der Waals surface area contributed by atoms with Gasteiger partial charge in [-0.2, -0.15) is 18.3 Å². The second-order valence-electron chi connectivity index (χ2n) is 10.7. The first-order chi connectivity index (χ1) is 19.2. The highest BCUT2D eigenvalue weighted by molar-refractivity contribution is 6.05. The van der Waals surface area contributed by atoms with Gasteiger partial charge in [0.25, 0.3) is 5.91 Å². The Morgan fingerprint density at radius 3 is 2.39 bits per heavy atom. The molecule has 41 heavy (non-hydrogen) atoms. The standard InChI is InChI=1S/C29H37F3N8O/c1-18-6-7-20(12-27(18)40(34)17-26(33)25-16-35-38(5)19(25)2)28(41)36-22-13-21(29(30,31)32)14-24(15-22)39-10-8-23(9-11-39)37(3)4/h6-7,12-17,23H,8-11,33-34H2,1-5H3,(H,36,41)/b26-17-. The van der Waals surface area contributed by atoms with Crippen LogP contribution in [0, 0.1) is 13.8 Å². The Hall–Kier alpha value is -4.03. The van der Waals surface area contributed by atoms with Crippen molar-refractivity contribution in [2.75, 3.05) is 42.4 Å². The molecule has 0 atom stereocenters. The van der Waals surface area contributed by atoms with E-state index in [9.17, 15) is 18.0 Å². The molecule has 0 aliphatic carbocycles. The van der Waals surface area contributed by atoms with E-state index in [0.29, 0.717) is 36.2 Å². The molecule has 9 nitrogen and oxygen atoms in total. The predicted octanol–water partition coefficient (Wildman–Crippen LogP) is 4.48. The van der Waals surface area contributed by atoms with Crippen molar-refractivity contribution >= 4 is 28.7 Å². The number of amides is 1. The van der Waals surface area contributed by atoms with Crippen LogP contribution >= 0.6 is 0 Å². The summed E-state index contributed by atoms with van der Waals surface area (Å²) in [6.45, 7) is 4.96. The molecule has 1 aliphatic heterocycles. The Kier molecular flexibility index (Phi) is 8.64. The number of carbonyl (C=O) groups is 1. The van der Waals surface area contributed by atoms with Crippen molar-refractivity contribution in [3.8, 4) is 0 Å². The molecule has 0 spiro atoms. The fourth-order valence-corrected chi connectivity index (χ4v) is 4.97. The third-order valence-corrected chi connectivity index (χ3v) is 7.64. The van der Waals surface area contributed by atoms with Gasteiger partial charge in [-0.25, -0.2) is 5.84 Å². The fourth-order valence-electron chi connectivity index (χ4n) is 4.97. The minimum absolute atomic E-state index is 0.0671. The monoisotopic (exact) mass is 570 g/mol. The second-order valence-corrected chi connectivity index (χ2v) is 10.7. The number of nitrogens with zero attached hydrogens (tertiary/aromatic N) is 5. The number of nitrogens with one attached hydrogen (secondary N) is 1. The van der Waals surface area contributed by atoms with Gasteiger partial charge in [-0.3, -0.25) is 14.5 Å². The van der Waals surface area contributed by atoms with Crippen LogP contribution in [0.1, 0.15) is 45.6 Å². The molecule has 220 valence electrons. The summed E-state index contributed by atoms with van der Waals surface area (Å²) in [7, 11) is 5.82. The number of halogens is 3. The molecule has 5 N–H and O–H groups in total. The number of aryl methyl sites for hydroxylation is 2. The predicted molar refractivity (Wildman–Crippen MR) is 156 cm³/mol. The number of aromatic nitrogens is 2. The molecular formula is C29H37F3N8O. The molecule has 12 heteroatoms. The molecule has 1 amide bonds. The summed E-state index contributed by atoms with van der Waals surface area (Å²) in [5.41, 5.74) is 9.42. The van der Waals surface area contributed by atoms with Gasteiger partial charge in [0, 0.05) is 60.6 Å². The normalized spacial score (nSPS) is 15.0. The lowest BCUT2D eigenvalue weighted by Crippen LogP contribution is -2.42. The van der Waals surface area contributed by atoms with E-state index < -0.39 is 17.6 Å². The van der Waals surface area contributed by atoms with Crippen LogP contribution in [0.25, 0.3) is 5.70 Å². The maximum Gasteiger partial charge on any atom is 0.416 e. The second kappa shape index (κ2) is 11.8. The number of alkyl halides is 3. The number of piperidine rings is 1. The number of rotatable bonds is 7. The van der Waals surface area contributed by atoms with Gasteiger partial charge in [-0.05, 0) is 76.7 Å². The average molecular weight is 571 g/mol.